The van der Waals surface area contributed by atoms with Crippen LogP contribution in [0.15, 0.2) is 24.3 Å². The van der Waals surface area contributed by atoms with Gasteiger partial charge in [-0.15, -0.1) is 0 Å². The minimum atomic E-state index is -0.425. The van der Waals surface area contributed by atoms with Crippen LogP contribution >= 0.6 is 0 Å². The summed E-state index contributed by atoms with van der Waals surface area (Å²) in [6, 6.07) is 8.29. The van der Waals surface area contributed by atoms with Crippen molar-refractivity contribution in [3.05, 3.63) is 35.4 Å². The predicted molar refractivity (Wildman–Crippen MR) is 73.1 cm³/mol. The number of aliphatic hydroxyl groups is 1. The van der Waals surface area contributed by atoms with Gasteiger partial charge in [0.25, 0.3) is 0 Å². The van der Waals surface area contributed by atoms with Gasteiger partial charge in [-0.2, -0.15) is 0 Å². The molecule has 2 aliphatic heterocycles. The van der Waals surface area contributed by atoms with E-state index >= 15 is 0 Å². The summed E-state index contributed by atoms with van der Waals surface area (Å²) < 4.78 is 11.4. The summed E-state index contributed by atoms with van der Waals surface area (Å²) in [7, 11) is 0. The number of rotatable bonds is 4. The molecule has 0 aromatic heterocycles. The van der Waals surface area contributed by atoms with Crippen molar-refractivity contribution in [1.82, 2.24) is 0 Å². The van der Waals surface area contributed by atoms with Crippen LogP contribution < -0.4 is 0 Å². The molecule has 104 valence electrons. The molecule has 3 rings (SSSR count). The van der Waals surface area contributed by atoms with Crippen molar-refractivity contribution in [3.63, 3.8) is 0 Å². The van der Waals surface area contributed by atoms with Crippen molar-refractivity contribution in [2.75, 3.05) is 13.2 Å². The average Bonchev–Trinajstić information content (AvgIpc) is 2.97. The molecule has 3 heteroatoms. The van der Waals surface area contributed by atoms with Gasteiger partial charge in [-0.3, -0.25) is 0 Å². The normalized spacial score (nSPS) is 28.1. The maximum absolute atomic E-state index is 10.4. The van der Waals surface area contributed by atoms with Crippen LogP contribution in [0.3, 0.4) is 0 Å². The molecule has 1 fully saturated rings. The summed E-state index contributed by atoms with van der Waals surface area (Å²) >= 11 is 0. The van der Waals surface area contributed by atoms with Crippen molar-refractivity contribution in [3.8, 4) is 0 Å². The third-order valence-electron chi connectivity index (χ3n) is 4.19. The van der Waals surface area contributed by atoms with E-state index in [1.165, 1.54) is 5.56 Å². The molecule has 0 bridgehead atoms. The fourth-order valence-corrected chi connectivity index (χ4v) is 3.12. The summed E-state index contributed by atoms with van der Waals surface area (Å²) in [5.41, 5.74) is 2.48. The Morgan fingerprint density at radius 1 is 1.21 bits per heavy atom. The molecule has 3 unspecified atom stereocenters. The lowest BCUT2D eigenvalue weighted by Gasteiger charge is -2.30. The zero-order chi connectivity index (χ0) is 13.1. The Hall–Kier alpha value is -0.900. The van der Waals surface area contributed by atoms with E-state index in [2.05, 4.69) is 18.2 Å². The monoisotopic (exact) mass is 262 g/mol. The molecule has 0 amide bonds. The van der Waals surface area contributed by atoms with Gasteiger partial charge in [0.15, 0.2) is 0 Å². The van der Waals surface area contributed by atoms with Crippen molar-refractivity contribution in [2.24, 2.45) is 0 Å². The average molecular weight is 262 g/mol. The fourth-order valence-electron chi connectivity index (χ4n) is 3.12. The van der Waals surface area contributed by atoms with Crippen LogP contribution in [0.1, 0.15) is 42.9 Å². The molecule has 1 N–H and O–H groups in total. The van der Waals surface area contributed by atoms with E-state index in [-0.39, 0.29) is 6.10 Å². The highest BCUT2D eigenvalue weighted by Gasteiger charge is 2.28. The van der Waals surface area contributed by atoms with Crippen LogP contribution in [0.5, 0.6) is 0 Å². The van der Waals surface area contributed by atoms with Crippen molar-refractivity contribution in [1.29, 1.82) is 0 Å². The predicted octanol–water partition coefficient (Wildman–Crippen LogP) is 2.62. The molecule has 1 aromatic carbocycles. The lowest BCUT2D eigenvalue weighted by molar-refractivity contribution is -0.0543. The second kappa shape index (κ2) is 6.04. The number of ether oxygens (including phenoxy) is 2. The third-order valence-corrected chi connectivity index (χ3v) is 4.19. The van der Waals surface area contributed by atoms with Crippen molar-refractivity contribution < 1.29 is 14.6 Å². The summed E-state index contributed by atoms with van der Waals surface area (Å²) in [5.74, 6) is 0. The summed E-state index contributed by atoms with van der Waals surface area (Å²) in [5, 5.41) is 10.4. The van der Waals surface area contributed by atoms with E-state index in [4.69, 9.17) is 9.47 Å². The van der Waals surface area contributed by atoms with Gasteiger partial charge in [0.2, 0.25) is 0 Å². The van der Waals surface area contributed by atoms with Crippen LogP contribution in [0.2, 0.25) is 0 Å². The first-order valence-electron chi connectivity index (χ1n) is 7.33. The molecule has 1 aromatic rings. The summed E-state index contributed by atoms with van der Waals surface area (Å²) in [6.07, 6.45) is 4.68. The van der Waals surface area contributed by atoms with Gasteiger partial charge >= 0.3 is 0 Å². The Morgan fingerprint density at radius 2 is 2.11 bits per heavy atom. The molecule has 0 spiro atoms. The van der Waals surface area contributed by atoms with E-state index in [0.29, 0.717) is 12.7 Å². The molecular formula is C16H22O3. The zero-order valence-corrected chi connectivity index (χ0v) is 11.3. The maximum Gasteiger partial charge on any atom is 0.109 e. The standard InChI is InChI=1S/C16H22O3/c17-15(8-7-13-5-3-10-18-13)16-14-6-2-1-4-12(14)9-11-19-16/h1-2,4,6,13,15-17H,3,5,7-11H2. The Kier molecular flexibility index (Phi) is 4.16. The Labute approximate surface area is 114 Å². The van der Waals surface area contributed by atoms with Gasteiger partial charge in [-0.1, -0.05) is 24.3 Å². The van der Waals surface area contributed by atoms with Crippen LogP contribution in [0, 0.1) is 0 Å². The Morgan fingerprint density at radius 3 is 2.95 bits per heavy atom. The number of aliphatic hydroxyl groups excluding tert-OH is 1. The lowest BCUT2D eigenvalue weighted by atomic mass is 9.92. The number of fused-ring (bicyclic) bond motifs is 1. The Balaban J connectivity index is 1.62. The molecule has 2 heterocycles. The smallest absolute Gasteiger partial charge is 0.109 e. The topological polar surface area (TPSA) is 38.7 Å². The van der Waals surface area contributed by atoms with E-state index in [9.17, 15) is 5.11 Å². The zero-order valence-electron chi connectivity index (χ0n) is 11.3. The molecule has 3 atom stereocenters. The molecule has 19 heavy (non-hydrogen) atoms. The van der Waals surface area contributed by atoms with Gasteiger partial charge in [-0.25, -0.2) is 0 Å². The quantitative estimate of drug-likeness (QED) is 0.906. The molecular weight excluding hydrogens is 240 g/mol. The van der Waals surface area contributed by atoms with E-state index in [1.54, 1.807) is 0 Å². The molecule has 3 nitrogen and oxygen atoms in total. The minimum Gasteiger partial charge on any atom is -0.390 e. The highest BCUT2D eigenvalue weighted by atomic mass is 16.5. The molecule has 0 saturated carbocycles. The second-order valence-corrected chi connectivity index (χ2v) is 5.52. The van der Waals surface area contributed by atoms with Gasteiger partial charge in [0.1, 0.15) is 6.10 Å². The molecule has 1 saturated heterocycles. The summed E-state index contributed by atoms with van der Waals surface area (Å²) in [6.45, 7) is 1.59. The highest BCUT2D eigenvalue weighted by Crippen LogP contribution is 2.32. The number of hydrogen-bond donors (Lipinski definition) is 1. The van der Waals surface area contributed by atoms with Crippen LogP contribution in [0.4, 0.5) is 0 Å². The second-order valence-electron chi connectivity index (χ2n) is 5.52. The van der Waals surface area contributed by atoms with Crippen LogP contribution in [-0.4, -0.2) is 30.5 Å². The van der Waals surface area contributed by atoms with Crippen molar-refractivity contribution in [2.45, 2.75) is 50.4 Å². The van der Waals surface area contributed by atoms with Crippen LogP contribution in [-0.2, 0) is 15.9 Å². The van der Waals surface area contributed by atoms with E-state index < -0.39 is 6.10 Å². The lowest BCUT2D eigenvalue weighted by Crippen LogP contribution is -2.27. The van der Waals surface area contributed by atoms with Crippen molar-refractivity contribution >= 4 is 0 Å². The fraction of sp³-hybridized carbons (Fsp3) is 0.625. The first-order valence-corrected chi connectivity index (χ1v) is 7.33. The van der Waals surface area contributed by atoms with Gasteiger partial charge < -0.3 is 14.6 Å². The number of hydrogen-bond acceptors (Lipinski definition) is 3. The largest absolute Gasteiger partial charge is 0.390 e. The molecule has 2 aliphatic rings. The molecule has 0 aliphatic carbocycles. The molecule has 0 radical (unpaired) electrons. The van der Waals surface area contributed by atoms with Crippen LogP contribution in [0.25, 0.3) is 0 Å². The first kappa shape index (κ1) is 13.1. The van der Waals surface area contributed by atoms with Gasteiger partial charge in [-0.05, 0) is 43.2 Å². The minimum absolute atomic E-state index is 0.161. The number of benzene rings is 1. The maximum atomic E-state index is 10.4. The highest BCUT2D eigenvalue weighted by molar-refractivity contribution is 5.31. The third kappa shape index (κ3) is 2.99. The van der Waals surface area contributed by atoms with Gasteiger partial charge in [0, 0.05) is 6.61 Å². The Bertz CT molecular complexity index is 412. The van der Waals surface area contributed by atoms with E-state index in [0.717, 1.165) is 44.3 Å². The van der Waals surface area contributed by atoms with Gasteiger partial charge in [0.05, 0.1) is 18.8 Å². The summed E-state index contributed by atoms with van der Waals surface area (Å²) in [4.78, 5) is 0. The first-order chi connectivity index (χ1) is 9.34. The SMILES string of the molecule is OC(CCC1CCCO1)C1OCCc2ccccc21. The van der Waals surface area contributed by atoms with E-state index in [1.807, 2.05) is 6.07 Å².